The first kappa shape index (κ1) is 28.4. The molecule has 216 valence electrons. The van der Waals surface area contributed by atoms with E-state index >= 15 is 0 Å². The predicted molar refractivity (Wildman–Crippen MR) is 142 cm³/mol. The van der Waals surface area contributed by atoms with Crippen LogP contribution in [-0.2, 0) is 25.9 Å². The Labute approximate surface area is 231 Å². The molecule has 0 aromatic heterocycles. The van der Waals surface area contributed by atoms with Gasteiger partial charge in [0.05, 0.1) is 24.7 Å². The van der Waals surface area contributed by atoms with Gasteiger partial charge in [-0.15, -0.1) is 0 Å². The van der Waals surface area contributed by atoms with Gasteiger partial charge in [0.1, 0.15) is 5.82 Å². The van der Waals surface area contributed by atoms with E-state index in [0.717, 1.165) is 36.2 Å². The van der Waals surface area contributed by atoms with Crippen molar-refractivity contribution in [3.05, 3.63) is 65.0 Å². The fourth-order valence-electron chi connectivity index (χ4n) is 5.85. The number of ether oxygens (including phenoxy) is 1. The van der Waals surface area contributed by atoms with Gasteiger partial charge in [-0.05, 0) is 60.2 Å². The topological polar surface area (TPSA) is 61.9 Å². The summed E-state index contributed by atoms with van der Waals surface area (Å²) in [5.41, 5.74) is 1.16. The molecule has 2 heterocycles. The first-order valence-electron chi connectivity index (χ1n) is 13.8. The van der Waals surface area contributed by atoms with Crippen LogP contribution < -0.4 is 10.2 Å². The molecule has 40 heavy (non-hydrogen) atoms. The van der Waals surface area contributed by atoms with Gasteiger partial charge in [-0.3, -0.25) is 9.59 Å². The number of amides is 2. The molecule has 1 saturated carbocycles. The van der Waals surface area contributed by atoms with E-state index in [9.17, 15) is 27.2 Å². The summed E-state index contributed by atoms with van der Waals surface area (Å²) in [7, 11) is 0. The second kappa shape index (κ2) is 11.0. The normalized spacial score (nSPS) is 20.1. The summed E-state index contributed by atoms with van der Waals surface area (Å²) in [4.78, 5) is 30.7. The largest absolute Gasteiger partial charge is 0.416 e. The minimum atomic E-state index is -4.50. The zero-order valence-corrected chi connectivity index (χ0v) is 22.8. The second-order valence-corrected chi connectivity index (χ2v) is 11.7. The van der Waals surface area contributed by atoms with Crippen LogP contribution in [0.5, 0.6) is 0 Å². The zero-order valence-electron chi connectivity index (χ0n) is 22.8. The Hall–Kier alpha value is -3.14. The molecule has 2 aromatic rings. The Balaban J connectivity index is 1.36. The minimum Gasteiger partial charge on any atom is -0.378 e. The van der Waals surface area contributed by atoms with Crippen molar-refractivity contribution in [1.29, 1.82) is 0 Å². The number of hydrogen-bond donors (Lipinski definition) is 1. The smallest absolute Gasteiger partial charge is 0.378 e. The number of carbonyl (C=O) groups is 2. The number of hydrogen-bond acceptors (Lipinski definition) is 4. The van der Waals surface area contributed by atoms with Crippen molar-refractivity contribution in [1.82, 2.24) is 10.2 Å². The van der Waals surface area contributed by atoms with E-state index in [2.05, 4.69) is 24.1 Å². The lowest BCUT2D eigenvalue weighted by Crippen LogP contribution is -2.48. The molecule has 6 nitrogen and oxygen atoms in total. The molecule has 1 N–H and O–H groups in total. The Morgan fingerprint density at radius 1 is 1.07 bits per heavy atom. The maximum Gasteiger partial charge on any atom is 0.416 e. The summed E-state index contributed by atoms with van der Waals surface area (Å²) in [6, 6.07) is 9.06. The molecule has 0 spiro atoms. The molecule has 3 aliphatic rings. The lowest BCUT2D eigenvalue weighted by atomic mass is 9.87. The monoisotopic (exact) mass is 561 g/mol. The van der Waals surface area contributed by atoms with Gasteiger partial charge < -0.3 is 19.9 Å². The number of morpholine rings is 1. The van der Waals surface area contributed by atoms with Gasteiger partial charge in [0, 0.05) is 49.7 Å². The summed E-state index contributed by atoms with van der Waals surface area (Å²) < 4.78 is 58.9. The molecule has 5 rings (SSSR count). The lowest BCUT2D eigenvalue weighted by Gasteiger charge is -2.31. The number of anilines is 1. The van der Waals surface area contributed by atoms with Crippen LogP contribution in [0.2, 0.25) is 0 Å². The summed E-state index contributed by atoms with van der Waals surface area (Å²) in [6.07, 6.45) is -2.74. The highest BCUT2D eigenvalue weighted by molar-refractivity contribution is 5.90. The van der Waals surface area contributed by atoms with Crippen molar-refractivity contribution in [2.24, 2.45) is 5.92 Å². The first-order valence-corrected chi connectivity index (χ1v) is 13.8. The quantitative estimate of drug-likeness (QED) is 0.468. The zero-order chi connectivity index (χ0) is 28.7. The number of halogens is 4. The number of nitrogens with zero attached hydrogens (tertiary/aromatic N) is 2. The van der Waals surface area contributed by atoms with Gasteiger partial charge in [-0.2, -0.15) is 13.2 Å². The molecule has 1 aliphatic carbocycles. The van der Waals surface area contributed by atoms with E-state index in [0.29, 0.717) is 45.0 Å². The third kappa shape index (κ3) is 6.27. The van der Waals surface area contributed by atoms with Crippen molar-refractivity contribution in [2.45, 2.75) is 56.7 Å². The molecule has 2 aliphatic heterocycles. The number of nitrogens with one attached hydrogen (secondary N) is 1. The van der Waals surface area contributed by atoms with E-state index in [-0.39, 0.29) is 41.4 Å². The van der Waals surface area contributed by atoms with Crippen molar-refractivity contribution >= 4 is 17.5 Å². The first-order chi connectivity index (χ1) is 18.9. The van der Waals surface area contributed by atoms with E-state index in [1.807, 2.05) is 0 Å². The number of benzene rings is 2. The molecule has 2 aromatic carbocycles. The van der Waals surface area contributed by atoms with Crippen LogP contribution in [0.25, 0.3) is 0 Å². The minimum absolute atomic E-state index is 0.145. The van der Waals surface area contributed by atoms with Gasteiger partial charge in [-0.25, -0.2) is 4.39 Å². The summed E-state index contributed by atoms with van der Waals surface area (Å²) >= 11 is 0. The van der Waals surface area contributed by atoms with Crippen LogP contribution in [-0.4, -0.2) is 62.1 Å². The maximum atomic E-state index is 14.0. The van der Waals surface area contributed by atoms with E-state index in [1.165, 1.54) is 18.2 Å². The van der Waals surface area contributed by atoms with Crippen molar-refractivity contribution in [2.75, 3.05) is 44.3 Å². The molecule has 0 radical (unpaired) electrons. The Bertz CT molecular complexity index is 1240. The molecule has 0 unspecified atom stereocenters. The molecule has 10 heteroatoms. The van der Waals surface area contributed by atoms with Crippen molar-refractivity contribution in [3.63, 3.8) is 0 Å². The SMILES string of the molecule is CC1(C)CN(C[C@@H](NC(=O)[C@H](CC(=O)N2CCOCC2)c2ccc(C(F)(F)F)cc2)C2CC2)c2ccc(F)cc21. The lowest BCUT2D eigenvalue weighted by molar-refractivity contribution is -0.138. The Kier molecular flexibility index (Phi) is 7.83. The van der Waals surface area contributed by atoms with Crippen LogP contribution >= 0.6 is 0 Å². The van der Waals surface area contributed by atoms with Crippen LogP contribution in [0.3, 0.4) is 0 Å². The van der Waals surface area contributed by atoms with Gasteiger partial charge >= 0.3 is 6.18 Å². The highest BCUT2D eigenvalue weighted by atomic mass is 19.4. The van der Waals surface area contributed by atoms with E-state index in [1.54, 1.807) is 17.0 Å². The Morgan fingerprint density at radius 3 is 2.38 bits per heavy atom. The van der Waals surface area contributed by atoms with Crippen LogP contribution in [0.15, 0.2) is 42.5 Å². The number of carbonyl (C=O) groups excluding carboxylic acids is 2. The fraction of sp³-hybridized carbons (Fsp3) is 0.533. The standard InChI is InChI=1S/C30H35F4N3O3/c1-29(2)18-37(26-10-9-22(31)15-24(26)29)17-25(20-3-4-20)35-28(39)23(16-27(38)36-11-13-40-14-12-36)19-5-7-21(8-6-19)30(32,33)34/h5-10,15,20,23,25H,3-4,11-14,16-18H2,1-2H3,(H,35,39)/t23-,25-/m1/s1. The average molecular weight is 562 g/mol. The van der Waals surface area contributed by atoms with Crippen LogP contribution in [0.1, 0.15) is 55.7 Å². The molecule has 2 amide bonds. The van der Waals surface area contributed by atoms with Crippen molar-refractivity contribution in [3.8, 4) is 0 Å². The molecule has 0 bridgehead atoms. The van der Waals surface area contributed by atoms with Crippen molar-refractivity contribution < 1.29 is 31.9 Å². The number of rotatable bonds is 8. The molecular formula is C30H35F4N3O3. The average Bonchev–Trinajstić information content (AvgIpc) is 3.73. The highest BCUT2D eigenvalue weighted by Crippen LogP contribution is 2.42. The molecule has 1 saturated heterocycles. The van der Waals surface area contributed by atoms with Gasteiger partial charge in [0.25, 0.3) is 0 Å². The van der Waals surface area contributed by atoms with E-state index in [4.69, 9.17) is 4.74 Å². The van der Waals surface area contributed by atoms with Crippen LogP contribution in [0, 0.1) is 11.7 Å². The number of fused-ring (bicyclic) bond motifs is 1. The Morgan fingerprint density at radius 2 is 1.75 bits per heavy atom. The second-order valence-electron chi connectivity index (χ2n) is 11.7. The fourth-order valence-corrected chi connectivity index (χ4v) is 5.85. The van der Waals surface area contributed by atoms with E-state index < -0.39 is 17.7 Å². The maximum absolute atomic E-state index is 14.0. The van der Waals surface area contributed by atoms with Crippen LogP contribution in [0.4, 0.5) is 23.2 Å². The van der Waals surface area contributed by atoms with Gasteiger partial charge in [-0.1, -0.05) is 26.0 Å². The third-order valence-electron chi connectivity index (χ3n) is 8.25. The summed E-state index contributed by atoms with van der Waals surface area (Å²) in [5.74, 6) is -1.57. The number of alkyl halides is 3. The van der Waals surface area contributed by atoms with Gasteiger partial charge in [0.2, 0.25) is 11.8 Å². The highest BCUT2D eigenvalue weighted by Gasteiger charge is 2.41. The predicted octanol–water partition coefficient (Wildman–Crippen LogP) is 4.87. The molecule has 2 fully saturated rings. The summed E-state index contributed by atoms with van der Waals surface area (Å²) in [5, 5.41) is 3.15. The third-order valence-corrected chi connectivity index (χ3v) is 8.25. The molecule has 2 atom stereocenters. The summed E-state index contributed by atoms with van der Waals surface area (Å²) in [6.45, 7) is 6.96. The molecular weight excluding hydrogens is 526 g/mol. The van der Waals surface area contributed by atoms with Gasteiger partial charge in [0.15, 0.2) is 0 Å².